The number of methoxy groups -OCH3 is 2. The molecule has 1 aliphatic heterocycles. The van der Waals surface area contributed by atoms with Crippen LogP contribution >= 0.6 is 11.3 Å². The predicted octanol–water partition coefficient (Wildman–Crippen LogP) is 2.96. The van der Waals surface area contributed by atoms with Gasteiger partial charge in [0.1, 0.15) is 0 Å². The van der Waals surface area contributed by atoms with E-state index >= 15 is 0 Å². The molecule has 1 aromatic carbocycles. The lowest BCUT2D eigenvalue weighted by molar-refractivity contribution is 0.00968. The Balaban J connectivity index is 1.81. The Hall–Kier alpha value is -2.09. The van der Waals surface area contributed by atoms with Gasteiger partial charge in [-0.05, 0) is 30.5 Å². The van der Waals surface area contributed by atoms with Crippen molar-refractivity contribution < 1.29 is 19.0 Å². The number of para-hydroxylation sites is 1. The molecule has 0 saturated carbocycles. The maximum Gasteiger partial charge on any atom is 0.255 e. The molecule has 1 amide bonds. The number of carbonyl (C=O) groups excluding carboxylic acids is 1. The van der Waals surface area contributed by atoms with Crippen LogP contribution in [0.4, 0.5) is 0 Å². The molecule has 27 heavy (non-hydrogen) atoms. The van der Waals surface area contributed by atoms with Crippen LogP contribution in [0.5, 0.6) is 11.5 Å². The van der Waals surface area contributed by atoms with Crippen molar-refractivity contribution in [1.82, 2.24) is 10.2 Å². The molecule has 0 bridgehead atoms. The van der Waals surface area contributed by atoms with Gasteiger partial charge >= 0.3 is 0 Å². The van der Waals surface area contributed by atoms with Crippen LogP contribution in [0.25, 0.3) is 0 Å². The third-order valence-electron chi connectivity index (χ3n) is 4.75. The smallest absolute Gasteiger partial charge is 0.255 e. The Morgan fingerprint density at radius 3 is 2.59 bits per heavy atom. The molecular weight excluding hydrogens is 364 g/mol. The van der Waals surface area contributed by atoms with Crippen LogP contribution in [-0.2, 0) is 4.74 Å². The van der Waals surface area contributed by atoms with Gasteiger partial charge in [0.05, 0.1) is 39.0 Å². The SMILES string of the molecule is COc1cccc(C(=O)N[C@@H](C)[C@H](c2cccs2)N2CCOCC2)c1OC. The second-order valence-electron chi connectivity index (χ2n) is 6.41. The van der Waals surface area contributed by atoms with E-state index in [1.165, 1.54) is 4.88 Å². The van der Waals surface area contributed by atoms with E-state index in [0.29, 0.717) is 30.3 Å². The van der Waals surface area contributed by atoms with Gasteiger partial charge in [0.2, 0.25) is 0 Å². The fourth-order valence-corrected chi connectivity index (χ4v) is 4.45. The van der Waals surface area contributed by atoms with Gasteiger partial charge in [-0.1, -0.05) is 12.1 Å². The lowest BCUT2D eigenvalue weighted by Gasteiger charge is -2.37. The molecule has 1 aliphatic rings. The highest BCUT2D eigenvalue weighted by atomic mass is 32.1. The molecule has 0 radical (unpaired) electrons. The van der Waals surface area contributed by atoms with Crippen molar-refractivity contribution in [3.63, 3.8) is 0 Å². The Morgan fingerprint density at radius 1 is 1.19 bits per heavy atom. The Labute approximate surface area is 164 Å². The van der Waals surface area contributed by atoms with Crippen LogP contribution in [0.2, 0.25) is 0 Å². The normalized spacial score (nSPS) is 17.1. The zero-order valence-electron chi connectivity index (χ0n) is 15.9. The Kier molecular flexibility index (Phi) is 6.71. The van der Waals surface area contributed by atoms with Crippen LogP contribution in [0.15, 0.2) is 35.7 Å². The average molecular weight is 391 g/mol. The van der Waals surface area contributed by atoms with Crippen molar-refractivity contribution in [2.24, 2.45) is 0 Å². The van der Waals surface area contributed by atoms with Crippen molar-refractivity contribution in [2.75, 3.05) is 40.5 Å². The lowest BCUT2D eigenvalue weighted by Crippen LogP contribution is -2.48. The van der Waals surface area contributed by atoms with E-state index in [1.807, 2.05) is 13.0 Å². The largest absolute Gasteiger partial charge is 0.493 e. The summed E-state index contributed by atoms with van der Waals surface area (Å²) in [6, 6.07) is 9.52. The summed E-state index contributed by atoms with van der Waals surface area (Å²) in [7, 11) is 3.10. The van der Waals surface area contributed by atoms with Crippen molar-refractivity contribution in [1.29, 1.82) is 0 Å². The van der Waals surface area contributed by atoms with E-state index in [4.69, 9.17) is 14.2 Å². The molecule has 1 saturated heterocycles. The number of amides is 1. The summed E-state index contributed by atoms with van der Waals surface area (Å²) in [5.74, 6) is 0.817. The van der Waals surface area contributed by atoms with E-state index in [0.717, 1.165) is 13.1 Å². The second-order valence-corrected chi connectivity index (χ2v) is 7.39. The molecule has 1 fully saturated rings. The molecule has 0 spiro atoms. The fourth-order valence-electron chi connectivity index (χ4n) is 3.49. The number of thiophene rings is 1. The lowest BCUT2D eigenvalue weighted by atomic mass is 10.0. The number of morpholine rings is 1. The fraction of sp³-hybridized carbons (Fsp3) is 0.450. The first-order valence-electron chi connectivity index (χ1n) is 9.02. The second kappa shape index (κ2) is 9.21. The van der Waals surface area contributed by atoms with Crippen molar-refractivity contribution in [2.45, 2.75) is 19.0 Å². The standard InChI is InChI=1S/C20H26N2O4S/c1-14(18(17-8-5-13-27-17)22-9-11-26-12-10-22)21-20(23)15-6-4-7-16(24-2)19(15)25-3/h4-8,13-14,18H,9-12H2,1-3H3,(H,21,23)/t14-,18+/m0/s1. The van der Waals surface area contributed by atoms with Crippen molar-refractivity contribution in [3.05, 3.63) is 46.2 Å². The highest BCUT2D eigenvalue weighted by molar-refractivity contribution is 7.10. The molecule has 1 N–H and O–H groups in total. The van der Waals surface area contributed by atoms with Crippen LogP contribution in [0, 0.1) is 0 Å². The maximum absolute atomic E-state index is 13.0. The number of hydrogen-bond acceptors (Lipinski definition) is 6. The zero-order valence-corrected chi connectivity index (χ0v) is 16.8. The third-order valence-corrected chi connectivity index (χ3v) is 5.70. The Morgan fingerprint density at radius 2 is 1.96 bits per heavy atom. The van der Waals surface area contributed by atoms with Gasteiger partial charge in [-0.15, -0.1) is 11.3 Å². The zero-order chi connectivity index (χ0) is 19.2. The minimum absolute atomic E-state index is 0.0786. The minimum Gasteiger partial charge on any atom is -0.493 e. The average Bonchev–Trinajstić information content (AvgIpc) is 3.22. The number of rotatable bonds is 7. The summed E-state index contributed by atoms with van der Waals surface area (Å²) >= 11 is 1.71. The first-order chi connectivity index (χ1) is 13.2. The van der Waals surface area contributed by atoms with E-state index in [9.17, 15) is 4.79 Å². The highest BCUT2D eigenvalue weighted by Crippen LogP contribution is 2.32. The quantitative estimate of drug-likeness (QED) is 0.788. The van der Waals surface area contributed by atoms with Crippen molar-refractivity contribution >= 4 is 17.2 Å². The number of hydrogen-bond donors (Lipinski definition) is 1. The Bertz CT molecular complexity index is 744. The topological polar surface area (TPSA) is 60.0 Å². The first-order valence-corrected chi connectivity index (χ1v) is 9.90. The predicted molar refractivity (Wildman–Crippen MR) is 106 cm³/mol. The van der Waals surface area contributed by atoms with E-state index < -0.39 is 0 Å². The third kappa shape index (κ3) is 4.43. The van der Waals surface area contributed by atoms with Crippen LogP contribution in [0.1, 0.15) is 28.2 Å². The van der Waals surface area contributed by atoms with Gasteiger partial charge in [-0.25, -0.2) is 0 Å². The van der Waals surface area contributed by atoms with Crippen molar-refractivity contribution in [3.8, 4) is 11.5 Å². The van der Waals surface area contributed by atoms with E-state index in [2.05, 4.69) is 21.7 Å². The van der Waals surface area contributed by atoms with E-state index in [1.54, 1.807) is 43.8 Å². The van der Waals surface area contributed by atoms with Gasteiger partial charge in [-0.2, -0.15) is 0 Å². The van der Waals surface area contributed by atoms with E-state index in [-0.39, 0.29) is 18.0 Å². The molecule has 6 nitrogen and oxygen atoms in total. The molecule has 3 rings (SSSR count). The number of benzene rings is 1. The summed E-state index contributed by atoms with van der Waals surface area (Å²) in [5, 5.41) is 5.23. The van der Waals surface area contributed by atoms with Gasteiger partial charge < -0.3 is 19.5 Å². The molecule has 0 unspecified atom stereocenters. The first kappa shape index (κ1) is 19.7. The molecule has 0 aliphatic carbocycles. The molecule has 7 heteroatoms. The van der Waals surface area contributed by atoms with Crippen LogP contribution in [-0.4, -0.2) is 57.4 Å². The number of nitrogens with zero attached hydrogens (tertiary/aromatic N) is 1. The summed E-state index contributed by atoms with van der Waals surface area (Å²) < 4.78 is 16.2. The number of nitrogens with one attached hydrogen (secondary N) is 1. The number of ether oxygens (including phenoxy) is 3. The minimum atomic E-state index is -0.173. The van der Waals surface area contributed by atoms with Crippen LogP contribution < -0.4 is 14.8 Å². The monoisotopic (exact) mass is 390 g/mol. The summed E-state index contributed by atoms with van der Waals surface area (Å²) in [6.07, 6.45) is 0. The molecule has 1 aromatic heterocycles. The summed E-state index contributed by atoms with van der Waals surface area (Å²) in [5.41, 5.74) is 0.468. The van der Waals surface area contributed by atoms with Gasteiger partial charge in [0.25, 0.3) is 5.91 Å². The van der Waals surface area contributed by atoms with Crippen LogP contribution in [0.3, 0.4) is 0 Å². The number of carbonyl (C=O) groups is 1. The molecular formula is C20H26N2O4S. The molecule has 2 heterocycles. The summed E-state index contributed by atoms with van der Waals surface area (Å²) in [6.45, 7) is 5.18. The van der Waals surface area contributed by atoms with Gasteiger partial charge in [0.15, 0.2) is 11.5 Å². The molecule has 2 atom stereocenters. The molecule has 2 aromatic rings. The molecule has 146 valence electrons. The van der Waals surface area contributed by atoms with Gasteiger partial charge in [-0.3, -0.25) is 9.69 Å². The van der Waals surface area contributed by atoms with Gasteiger partial charge in [0, 0.05) is 24.0 Å². The maximum atomic E-state index is 13.0. The summed E-state index contributed by atoms with van der Waals surface area (Å²) in [4.78, 5) is 16.6. The highest BCUT2D eigenvalue weighted by Gasteiger charge is 2.30.